The fraction of sp³-hybridized carbons (Fsp3) is 0.118. The number of rotatable bonds is 6. The van der Waals surface area contributed by atoms with Crippen molar-refractivity contribution in [1.29, 1.82) is 0 Å². The molecule has 0 radical (unpaired) electrons. The molecule has 0 spiro atoms. The number of nitro benzene ring substituents is 1. The predicted molar refractivity (Wildman–Crippen MR) is 93.8 cm³/mol. The lowest BCUT2D eigenvalue weighted by Gasteiger charge is -2.09. The van der Waals surface area contributed by atoms with Gasteiger partial charge in [0.1, 0.15) is 11.5 Å². The fourth-order valence-electron chi connectivity index (χ4n) is 1.98. The Kier molecular flexibility index (Phi) is 5.94. The van der Waals surface area contributed by atoms with E-state index in [9.17, 15) is 14.9 Å². The van der Waals surface area contributed by atoms with Gasteiger partial charge in [-0.3, -0.25) is 10.1 Å². The third kappa shape index (κ3) is 4.96. The molecule has 8 nitrogen and oxygen atoms in total. The minimum Gasteiger partial charge on any atom is -0.497 e. The third-order valence-electron chi connectivity index (χ3n) is 3.25. The Morgan fingerprint density at radius 2 is 1.84 bits per heavy atom. The van der Waals surface area contributed by atoms with Crippen LogP contribution in [0.15, 0.2) is 48.7 Å². The highest BCUT2D eigenvalue weighted by atomic mass is 16.6. The van der Waals surface area contributed by atoms with E-state index in [0.29, 0.717) is 5.69 Å². The summed E-state index contributed by atoms with van der Waals surface area (Å²) in [6.07, 6.45) is 3.20. The van der Waals surface area contributed by atoms with Crippen LogP contribution in [0, 0.1) is 10.1 Å². The number of benzene rings is 2. The molecule has 0 aromatic heterocycles. The van der Waals surface area contributed by atoms with Crippen molar-refractivity contribution in [1.82, 2.24) is 5.32 Å². The van der Waals surface area contributed by atoms with E-state index < -0.39 is 11.0 Å². The molecule has 0 fully saturated rings. The first-order valence-electron chi connectivity index (χ1n) is 7.24. The van der Waals surface area contributed by atoms with Crippen molar-refractivity contribution >= 4 is 23.5 Å². The van der Waals surface area contributed by atoms with Crippen molar-refractivity contribution in [3.05, 3.63) is 64.3 Å². The Hall–Kier alpha value is -3.55. The predicted octanol–water partition coefficient (Wildman–Crippen LogP) is 3.40. The van der Waals surface area contributed by atoms with Crippen LogP contribution in [0.3, 0.4) is 0 Å². The van der Waals surface area contributed by atoms with Gasteiger partial charge >= 0.3 is 6.03 Å². The molecule has 0 saturated heterocycles. The molecule has 0 aliphatic rings. The summed E-state index contributed by atoms with van der Waals surface area (Å²) in [5, 5.41) is 15.9. The summed E-state index contributed by atoms with van der Waals surface area (Å²) in [5.74, 6) is 0.941. The van der Waals surface area contributed by atoms with Gasteiger partial charge in [-0.1, -0.05) is 12.1 Å². The Labute approximate surface area is 144 Å². The third-order valence-corrected chi connectivity index (χ3v) is 3.25. The van der Waals surface area contributed by atoms with Crippen LogP contribution in [0.2, 0.25) is 0 Å². The second-order valence-electron chi connectivity index (χ2n) is 4.85. The largest absolute Gasteiger partial charge is 0.497 e. The molecule has 0 unspecified atom stereocenters. The van der Waals surface area contributed by atoms with Gasteiger partial charge in [0, 0.05) is 12.3 Å². The summed E-state index contributed by atoms with van der Waals surface area (Å²) in [7, 11) is 2.95. The van der Waals surface area contributed by atoms with Gasteiger partial charge in [-0.15, -0.1) is 0 Å². The monoisotopic (exact) mass is 343 g/mol. The van der Waals surface area contributed by atoms with Gasteiger partial charge in [0.15, 0.2) is 0 Å². The molecule has 2 N–H and O–H groups in total. The number of nitro groups is 1. The number of amides is 2. The Bertz CT molecular complexity index is 787. The molecule has 2 amide bonds. The fourth-order valence-corrected chi connectivity index (χ4v) is 1.98. The number of anilines is 1. The molecular formula is C17H17N3O5. The van der Waals surface area contributed by atoms with Crippen molar-refractivity contribution in [3.8, 4) is 11.5 Å². The SMILES string of the molecule is COc1ccc(/C=C/NC(=O)Nc2ccc([N+](=O)[O-])cc2OC)cc1. The number of carbonyl (C=O) groups is 1. The lowest BCUT2D eigenvalue weighted by molar-refractivity contribution is -0.384. The average molecular weight is 343 g/mol. The lowest BCUT2D eigenvalue weighted by Crippen LogP contribution is -2.24. The van der Waals surface area contributed by atoms with Gasteiger partial charge in [0.05, 0.1) is 30.9 Å². The van der Waals surface area contributed by atoms with E-state index in [-0.39, 0.29) is 11.4 Å². The number of ether oxygens (including phenoxy) is 2. The van der Waals surface area contributed by atoms with Gasteiger partial charge in [-0.25, -0.2) is 4.79 Å². The van der Waals surface area contributed by atoms with Crippen LogP contribution in [0.4, 0.5) is 16.2 Å². The molecule has 0 heterocycles. The van der Waals surface area contributed by atoms with Gasteiger partial charge in [0.2, 0.25) is 0 Å². The maximum absolute atomic E-state index is 11.9. The standard InChI is InChI=1S/C17H17N3O5/c1-24-14-6-3-12(4-7-14)9-10-18-17(21)19-15-8-5-13(20(22)23)11-16(15)25-2/h3-11H,1-2H3,(H2,18,19,21)/b10-9+. The van der Waals surface area contributed by atoms with Crippen LogP contribution in [0.1, 0.15) is 5.56 Å². The summed E-state index contributed by atoms with van der Waals surface area (Å²) in [6, 6.07) is 10.7. The molecular weight excluding hydrogens is 326 g/mol. The van der Waals surface area contributed by atoms with E-state index in [4.69, 9.17) is 9.47 Å². The van der Waals surface area contributed by atoms with Crippen LogP contribution in [-0.4, -0.2) is 25.2 Å². The van der Waals surface area contributed by atoms with Crippen LogP contribution < -0.4 is 20.1 Å². The summed E-state index contributed by atoms with van der Waals surface area (Å²) >= 11 is 0. The summed E-state index contributed by atoms with van der Waals surface area (Å²) in [4.78, 5) is 22.1. The smallest absolute Gasteiger partial charge is 0.323 e. The topological polar surface area (TPSA) is 103 Å². The quantitative estimate of drug-likeness (QED) is 0.618. The van der Waals surface area contributed by atoms with Crippen LogP contribution in [0.5, 0.6) is 11.5 Å². The number of nitrogens with one attached hydrogen (secondary N) is 2. The number of hydrogen-bond donors (Lipinski definition) is 2. The van der Waals surface area contributed by atoms with Crippen LogP contribution in [0.25, 0.3) is 6.08 Å². The van der Waals surface area contributed by atoms with E-state index in [0.717, 1.165) is 11.3 Å². The van der Waals surface area contributed by atoms with E-state index in [1.54, 1.807) is 13.2 Å². The molecule has 2 rings (SSSR count). The summed E-state index contributed by atoms with van der Waals surface area (Å²) in [5.41, 5.74) is 1.08. The minimum absolute atomic E-state index is 0.123. The van der Waals surface area contributed by atoms with Crippen molar-refractivity contribution in [2.75, 3.05) is 19.5 Å². The van der Waals surface area contributed by atoms with Gasteiger partial charge < -0.3 is 20.1 Å². The number of carbonyl (C=O) groups excluding carboxylic acids is 1. The molecule has 2 aromatic carbocycles. The lowest BCUT2D eigenvalue weighted by atomic mass is 10.2. The molecule has 2 aromatic rings. The first-order chi connectivity index (χ1) is 12.0. The number of hydrogen-bond acceptors (Lipinski definition) is 5. The van der Waals surface area contributed by atoms with E-state index in [1.165, 1.54) is 31.5 Å². The molecule has 0 atom stereocenters. The highest BCUT2D eigenvalue weighted by molar-refractivity contribution is 5.92. The van der Waals surface area contributed by atoms with Gasteiger partial charge in [-0.2, -0.15) is 0 Å². The molecule has 0 aliphatic carbocycles. The minimum atomic E-state index is -0.538. The summed E-state index contributed by atoms with van der Waals surface area (Å²) in [6.45, 7) is 0. The molecule has 130 valence electrons. The van der Waals surface area contributed by atoms with Crippen molar-refractivity contribution in [2.45, 2.75) is 0 Å². The average Bonchev–Trinajstić information content (AvgIpc) is 2.62. The highest BCUT2D eigenvalue weighted by Gasteiger charge is 2.12. The zero-order valence-electron chi connectivity index (χ0n) is 13.7. The number of methoxy groups -OCH3 is 2. The Balaban J connectivity index is 1.97. The maximum Gasteiger partial charge on any atom is 0.323 e. The number of nitrogens with zero attached hydrogens (tertiary/aromatic N) is 1. The molecule has 0 bridgehead atoms. The van der Waals surface area contributed by atoms with Crippen molar-refractivity contribution in [3.63, 3.8) is 0 Å². The first kappa shape index (κ1) is 17.8. The second-order valence-corrected chi connectivity index (χ2v) is 4.85. The first-order valence-corrected chi connectivity index (χ1v) is 7.24. The molecule has 8 heteroatoms. The van der Waals surface area contributed by atoms with E-state index >= 15 is 0 Å². The van der Waals surface area contributed by atoms with E-state index in [1.807, 2.05) is 24.3 Å². The molecule has 25 heavy (non-hydrogen) atoms. The Morgan fingerprint density at radius 1 is 1.12 bits per heavy atom. The highest BCUT2D eigenvalue weighted by Crippen LogP contribution is 2.28. The zero-order valence-corrected chi connectivity index (χ0v) is 13.7. The van der Waals surface area contributed by atoms with Gasteiger partial charge in [-0.05, 0) is 29.8 Å². The molecule has 0 saturated carbocycles. The number of urea groups is 1. The maximum atomic E-state index is 11.9. The van der Waals surface area contributed by atoms with E-state index in [2.05, 4.69) is 10.6 Å². The zero-order chi connectivity index (χ0) is 18.2. The number of non-ortho nitro benzene ring substituents is 1. The van der Waals surface area contributed by atoms with Crippen LogP contribution >= 0.6 is 0 Å². The normalized spacial score (nSPS) is 10.3. The van der Waals surface area contributed by atoms with Crippen LogP contribution in [-0.2, 0) is 0 Å². The Morgan fingerprint density at radius 3 is 2.44 bits per heavy atom. The van der Waals surface area contributed by atoms with Gasteiger partial charge in [0.25, 0.3) is 5.69 Å². The second kappa shape index (κ2) is 8.34. The van der Waals surface area contributed by atoms with Crippen molar-refractivity contribution < 1.29 is 19.2 Å². The summed E-state index contributed by atoms with van der Waals surface area (Å²) < 4.78 is 10.1. The molecule has 0 aliphatic heterocycles. The van der Waals surface area contributed by atoms with Crippen molar-refractivity contribution in [2.24, 2.45) is 0 Å².